The van der Waals surface area contributed by atoms with Crippen molar-refractivity contribution >= 4 is 10.0 Å². The van der Waals surface area contributed by atoms with E-state index in [2.05, 4.69) is 0 Å². The summed E-state index contributed by atoms with van der Waals surface area (Å²) in [5.41, 5.74) is 0.773. The first-order chi connectivity index (χ1) is 8.91. The van der Waals surface area contributed by atoms with E-state index in [0.717, 1.165) is 5.56 Å². The normalized spacial score (nSPS) is 12.7. The molecule has 0 saturated carbocycles. The number of hydrogen-bond acceptors (Lipinski definition) is 4. The van der Waals surface area contributed by atoms with Crippen LogP contribution >= 0.6 is 0 Å². The van der Waals surface area contributed by atoms with Crippen molar-refractivity contribution in [2.75, 3.05) is 13.6 Å². The molecule has 19 heavy (non-hydrogen) atoms. The molecular formula is C13H15N3O2S. The van der Waals surface area contributed by atoms with Crippen molar-refractivity contribution in [2.24, 2.45) is 5.92 Å². The summed E-state index contributed by atoms with van der Waals surface area (Å²) in [6.45, 7) is 1.82. The smallest absolute Gasteiger partial charge is 0.207 e. The summed E-state index contributed by atoms with van der Waals surface area (Å²) in [4.78, 5) is 0.168. The van der Waals surface area contributed by atoms with E-state index in [9.17, 15) is 8.42 Å². The quantitative estimate of drug-likeness (QED) is 0.817. The van der Waals surface area contributed by atoms with Crippen LogP contribution in [0, 0.1) is 28.6 Å². The van der Waals surface area contributed by atoms with Gasteiger partial charge in [0.05, 0.1) is 29.4 Å². The number of hydrogen-bond donors (Lipinski definition) is 0. The van der Waals surface area contributed by atoms with Crippen molar-refractivity contribution in [2.45, 2.75) is 18.2 Å². The predicted molar refractivity (Wildman–Crippen MR) is 70.4 cm³/mol. The van der Waals surface area contributed by atoms with Crippen molar-refractivity contribution in [3.8, 4) is 12.1 Å². The molecule has 100 valence electrons. The topological polar surface area (TPSA) is 85.0 Å². The van der Waals surface area contributed by atoms with Crippen molar-refractivity contribution in [1.29, 1.82) is 10.5 Å². The van der Waals surface area contributed by atoms with Crippen molar-refractivity contribution in [1.82, 2.24) is 4.31 Å². The van der Waals surface area contributed by atoms with Gasteiger partial charge in [-0.3, -0.25) is 0 Å². The highest BCUT2D eigenvalue weighted by Crippen LogP contribution is 2.16. The fourth-order valence-corrected chi connectivity index (χ4v) is 2.83. The van der Waals surface area contributed by atoms with Crippen LogP contribution in [0.4, 0.5) is 0 Å². The SMILES string of the molecule is CC(C#N)CN(C)S(=O)(=O)c1ccc(CC#N)cc1. The first kappa shape index (κ1) is 15.2. The second kappa shape index (κ2) is 6.33. The van der Waals surface area contributed by atoms with Crippen LogP contribution in [-0.4, -0.2) is 26.3 Å². The lowest BCUT2D eigenvalue weighted by Gasteiger charge is -2.18. The van der Waals surface area contributed by atoms with Crippen LogP contribution in [0.3, 0.4) is 0 Å². The summed E-state index contributed by atoms with van der Waals surface area (Å²) in [6, 6.07) is 10.2. The van der Waals surface area contributed by atoms with Gasteiger partial charge in [0.15, 0.2) is 0 Å². The van der Waals surface area contributed by atoms with E-state index in [4.69, 9.17) is 10.5 Å². The number of sulfonamides is 1. The molecule has 0 saturated heterocycles. The van der Waals surface area contributed by atoms with Crippen LogP contribution in [0.2, 0.25) is 0 Å². The number of rotatable bonds is 5. The van der Waals surface area contributed by atoms with Gasteiger partial charge in [0, 0.05) is 13.6 Å². The summed E-state index contributed by atoms with van der Waals surface area (Å²) >= 11 is 0. The van der Waals surface area contributed by atoms with Crippen molar-refractivity contribution in [3.63, 3.8) is 0 Å². The Morgan fingerprint density at radius 3 is 2.32 bits per heavy atom. The largest absolute Gasteiger partial charge is 0.242 e. The highest BCUT2D eigenvalue weighted by molar-refractivity contribution is 7.89. The minimum Gasteiger partial charge on any atom is -0.207 e. The molecule has 0 aliphatic heterocycles. The van der Waals surface area contributed by atoms with E-state index in [1.807, 2.05) is 12.1 Å². The van der Waals surface area contributed by atoms with E-state index in [-0.39, 0.29) is 23.8 Å². The zero-order chi connectivity index (χ0) is 14.5. The second-order valence-corrected chi connectivity index (χ2v) is 6.34. The summed E-state index contributed by atoms with van der Waals surface area (Å²) in [7, 11) is -2.13. The van der Waals surface area contributed by atoms with Gasteiger partial charge >= 0.3 is 0 Å². The van der Waals surface area contributed by atoms with Crippen LogP contribution in [-0.2, 0) is 16.4 Å². The average molecular weight is 277 g/mol. The zero-order valence-electron chi connectivity index (χ0n) is 10.9. The van der Waals surface area contributed by atoms with E-state index in [1.165, 1.54) is 23.5 Å². The maximum atomic E-state index is 12.2. The molecule has 0 bridgehead atoms. The Morgan fingerprint density at radius 2 is 1.84 bits per heavy atom. The molecule has 6 heteroatoms. The van der Waals surface area contributed by atoms with Crippen LogP contribution in [0.1, 0.15) is 12.5 Å². The predicted octanol–water partition coefficient (Wildman–Crippen LogP) is 1.53. The summed E-state index contributed by atoms with van der Waals surface area (Å²) in [5.74, 6) is -0.363. The third-order valence-electron chi connectivity index (χ3n) is 2.67. The van der Waals surface area contributed by atoms with Crippen molar-refractivity contribution < 1.29 is 8.42 Å². The number of nitrogens with zero attached hydrogens (tertiary/aromatic N) is 3. The first-order valence-electron chi connectivity index (χ1n) is 5.73. The molecule has 1 unspecified atom stereocenters. The van der Waals surface area contributed by atoms with Crippen LogP contribution in [0.25, 0.3) is 0 Å². The van der Waals surface area contributed by atoms with Gasteiger partial charge in [-0.15, -0.1) is 0 Å². The molecule has 0 aliphatic rings. The maximum Gasteiger partial charge on any atom is 0.242 e. The molecule has 1 atom stereocenters. The van der Waals surface area contributed by atoms with Crippen LogP contribution in [0.15, 0.2) is 29.2 Å². The Morgan fingerprint density at radius 1 is 1.26 bits per heavy atom. The molecular weight excluding hydrogens is 262 g/mol. The van der Waals surface area contributed by atoms with Gasteiger partial charge in [-0.25, -0.2) is 8.42 Å². The summed E-state index contributed by atoms with van der Waals surface area (Å²) < 4.78 is 25.6. The molecule has 1 aromatic rings. The Kier molecular flexibility index (Phi) is 5.05. The molecule has 0 N–H and O–H groups in total. The summed E-state index contributed by atoms with van der Waals surface area (Å²) in [5, 5.41) is 17.3. The minimum atomic E-state index is -3.58. The van der Waals surface area contributed by atoms with Gasteiger partial charge in [0.2, 0.25) is 10.0 Å². The first-order valence-corrected chi connectivity index (χ1v) is 7.17. The Hall–Kier alpha value is -1.89. The standard InChI is InChI=1S/C13H15N3O2S/c1-11(9-15)10-16(2)19(17,18)13-5-3-12(4-6-13)7-8-14/h3-6,11H,7,10H2,1-2H3. The molecule has 0 aliphatic carbocycles. The van der Waals surface area contributed by atoms with E-state index < -0.39 is 10.0 Å². The van der Waals surface area contributed by atoms with Crippen molar-refractivity contribution in [3.05, 3.63) is 29.8 Å². The lowest BCUT2D eigenvalue weighted by Crippen LogP contribution is -2.30. The van der Waals surface area contributed by atoms with E-state index >= 15 is 0 Å². The highest BCUT2D eigenvalue weighted by Gasteiger charge is 2.22. The van der Waals surface area contributed by atoms with Gasteiger partial charge in [-0.2, -0.15) is 14.8 Å². The van der Waals surface area contributed by atoms with Gasteiger partial charge in [0.1, 0.15) is 0 Å². The number of nitriles is 2. The Bertz CT molecular complexity index is 609. The highest BCUT2D eigenvalue weighted by atomic mass is 32.2. The van der Waals surface area contributed by atoms with E-state index in [0.29, 0.717) is 0 Å². The van der Waals surface area contributed by atoms with Crippen LogP contribution < -0.4 is 0 Å². The fourth-order valence-electron chi connectivity index (χ4n) is 1.58. The molecule has 0 fully saturated rings. The Balaban J connectivity index is 2.95. The van der Waals surface area contributed by atoms with E-state index in [1.54, 1.807) is 19.1 Å². The molecule has 0 radical (unpaired) electrons. The minimum absolute atomic E-state index is 0.152. The Labute approximate surface area is 113 Å². The lowest BCUT2D eigenvalue weighted by atomic mass is 10.2. The van der Waals surface area contributed by atoms with Gasteiger partial charge in [-0.1, -0.05) is 12.1 Å². The third kappa shape index (κ3) is 3.78. The molecule has 0 spiro atoms. The fraction of sp³-hybridized carbons (Fsp3) is 0.385. The molecule has 1 rings (SSSR count). The molecule has 0 aromatic heterocycles. The monoisotopic (exact) mass is 277 g/mol. The third-order valence-corrected chi connectivity index (χ3v) is 4.50. The van der Waals surface area contributed by atoms with Gasteiger partial charge in [-0.05, 0) is 24.6 Å². The number of benzene rings is 1. The van der Waals surface area contributed by atoms with Crippen LogP contribution in [0.5, 0.6) is 0 Å². The lowest BCUT2D eigenvalue weighted by molar-refractivity contribution is 0.439. The van der Waals surface area contributed by atoms with Gasteiger partial charge in [0.25, 0.3) is 0 Å². The molecule has 0 amide bonds. The molecule has 5 nitrogen and oxygen atoms in total. The maximum absolute atomic E-state index is 12.2. The average Bonchev–Trinajstić information content (AvgIpc) is 2.39. The summed E-state index contributed by atoms with van der Waals surface area (Å²) in [6.07, 6.45) is 0.252. The zero-order valence-corrected chi connectivity index (χ0v) is 11.7. The molecule has 1 aromatic carbocycles. The second-order valence-electron chi connectivity index (χ2n) is 4.29. The van der Waals surface area contributed by atoms with Gasteiger partial charge < -0.3 is 0 Å². The molecule has 0 heterocycles.